The third-order valence-corrected chi connectivity index (χ3v) is 3.43. The maximum absolute atomic E-state index is 5.55. The Hall–Kier alpha value is -0.120. The second-order valence-corrected chi connectivity index (χ2v) is 4.55. The van der Waals surface area contributed by atoms with E-state index in [2.05, 4.69) is 19.3 Å². The molecule has 0 aromatic heterocycles. The highest BCUT2D eigenvalue weighted by molar-refractivity contribution is 4.81. The predicted molar refractivity (Wildman–Crippen MR) is 62.0 cm³/mol. The fraction of sp³-hybridized carbons (Fsp3) is 1.00. The van der Waals surface area contributed by atoms with Gasteiger partial charge >= 0.3 is 0 Å². The first-order valence-corrected chi connectivity index (χ1v) is 6.03. The highest BCUT2D eigenvalue weighted by Gasteiger charge is 2.27. The van der Waals surface area contributed by atoms with Crippen LogP contribution in [0.25, 0.3) is 0 Å². The highest BCUT2D eigenvalue weighted by Crippen LogP contribution is 2.23. The molecule has 0 aromatic rings. The van der Waals surface area contributed by atoms with E-state index in [1.54, 1.807) is 7.11 Å². The van der Waals surface area contributed by atoms with Crippen molar-refractivity contribution in [2.24, 2.45) is 11.8 Å². The summed E-state index contributed by atoms with van der Waals surface area (Å²) in [5, 5.41) is 3.44. The van der Waals surface area contributed by atoms with Crippen molar-refractivity contribution in [3.63, 3.8) is 0 Å². The van der Waals surface area contributed by atoms with Crippen LogP contribution in [0.3, 0.4) is 0 Å². The molecule has 0 amide bonds. The second-order valence-electron chi connectivity index (χ2n) is 4.55. The van der Waals surface area contributed by atoms with Gasteiger partial charge < -0.3 is 14.8 Å². The van der Waals surface area contributed by atoms with Gasteiger partial charge in [0.1, 0.15) is 0 Å². The molecule has 1 heterocycles. The van der Waals surface area contributed by atoms with Crippen LogP contribution in [0.15, 0.2) is 0 Å². The summed E-state index contributed by atoms with van der Waals surface area (Å²) in [4.78, 5) is 0. The number of ether oxygens (including phenoxy) is 2. The van der Waals surface area contributed by atoms with Crippen molar-refractivity contribution in [3.8, 4) is 0 Å². The van der Waals surface area contributed by atoms with E-state index in [9.17, 15) is 0 Å². The molecule has 0 saturated carbocycles. The Kier molecular flexibility index (Phi) is 6.22. The third kappa shape index (κ3) is 4.09. The van der Waals surface area contributed by atoms with E-state index in [0.717, 1.165) is 26.2 Å². The van der Waals surface area contributed by atoms with Crippen molar-refractivity contribution in [1.82, 2.24) is 5.32 Å². The molecular formula is C12H25NO2. The maximum atomic E-state index is 5.55. The summed E-state index contributed by atoms with van der Waals surface area (Å²) < 4.78 is 10.7. The Balaban J connectivity index is 2.37. The maximum Gasteiger partial charge on any atom is 0.0509 e. The van der Waals surface area contributed by atoms with Gasteiger partial charge in [0.05, 0.1) is 6.61 Å². The average Bonchev–Trinajstić information content (AvgIpc) is 2.29. The zero-order valence-corrected chi connectivity index (χ0v) is 10.3. The molecule has 3 heteroatoms. The zero-order valence-electron chi connectivity index (χ0n) is 10.3. The Morgan fingerprint density at radius 1 is 1.53 bits per heavy atom. The molecule has 1 aliphatic rings. The van der Waals surface area contributed by atoms with Crippen molar-refractivity contribution in [1.29, 1.82) is 0 Å². The molecule has 0 spiro atoms. The van der Waals surface area contributed by atoms with Crippen LogP contribution >= 0.6 is 0 Å². The van der Waals surface area contributed by atoms with Gasteiger partial charge in [0, 0.05) is 26.4 Å². The molecule has 1 N–H and O–H groups in total. The molecule has 1 rings (SSSR count). The first-order valence-electron chi connectivity index (χ1n) is 6.03. The molecule has 1 saturated heterocycles. The van der Waals surface area contributed by atoms with E-state index in [1.165, 1.54) is 12.8 Å². The minimum atomic E-state index is 0.570. The Bertz CT molecular complexity index is 158. The average molecular weight is 215 g/mol. The van der Waals surface area contributed by atoms with Gasteiger partial charge in [-0.05, 0) is 38.1 Å². The van der Waals surface area contributed by atoms with Crippen molar-refractivity contribution >= 4 is 0 Å². The number of methoxy groups -OCH3 is 1. The van der Waals surface area contributed by atoms with E-state index in [4.69, 9.17) is 9.47 Å². The number of hydrogen-bond donors (Lipinski definition) is 1. The number of rotatable bonds is 6. The quantitative estimate of drug-likeness (QED) is 0.731. The van der Waals surface area contributed by atoms with E-state index in [-0.39, 0.29) is 0 Å². The van der Waals surface area contributed by atoms with Gasteiger partial charge in [0.2, 0.25) is 0 Å². The Labute approximate surface area is 93.5 Å². The standard InChI is InChI=1S/C12H25NO2/c1-10(6-8-14-3)12(13-2)11-5-4-7-15-9-11/h10-13H,4-9H2,1-3H3. The fourth-order valence-corrected chi connectivity index (χ4v) is 2.52. The van der Waals surface area contributed by atoms with E-state index in [1.807, 2.05) is 0 Å². The summed E-state index contributed by atoms with van der Waals surface area (Å²) in [5.41, 5.74) is 0. The molecule has 0 aromatic carbocycles. The zero-order chi connectivity index (χ0) is 11.1. The highest BCUT2D eigenvalue weighted by atomic mass is 16.5. The molecule has 3 nitrogen and oxygen atoms in total. The first kappa shape index (κ1) is 12.9. The molecule has 0 aliphatic carbocycles. The van der Waals surface area contributed by atoms with Crippen LogP contribution in [0.5, 0.6) is 0 Å². The van der Waals surface area contributed by atoms with Gasteiger partial charge in [-0.25, -0.2) is 0 Å². The van der Waals surface area contributed by atoms with Crippen molar-refractivity contribution in [2.75, 3.05) is 34.0 Å². The Morgan fingerprint density at radius 2 is 2.33 bits per heavy atom. The second kappa shape index (κ2) is 7.20. The minimum absolute atomic E-state index is 0.570. The van der Waals surface area contributed by atoms with Gasteiger partial charge in [0.25, 0.3) is 0 Å². The summed E-state index contributed by atoms with van der Waals surface area (Å²) in [6.45, 7) is 5.02. The SMILES string of the molecule is CNC(C(C)CCOC)C1CCCOC1. The summed E-state index contributed by atoms with van der Waals surface area (Å²) in [6.07, 6.45) is 3.63. The van der Waals surface area contributed by atoms with Crippen LogP contribution < -0.4 is 5.32 Å². The summed E-state index contributed by atoms with van der Waals surface area (Å²) in [7, 11) is 3.83. The molecule has 3 atom stereocenters. The molecule has 3 unspecified atom stereocenters. The lowest BCUT2D eigenvalue weighted by Crippen LogP contribution is -2.43. The monoisotopic (exact) mass is 215 g/mol. The largest absolute Gasteiger partial charge is 0.385 e. The summed E-state index contributed by atoms with van der Waals surface area (Å²) >= 11 is 0. The number of hydrogen-bond acceptors (Lipinski definition) is 3. The molecular weight excluding hydrogens is 190 g/mol. The molecule has 15 heavy (non-hydrogen) atoms. The lowest BCUT2D eigenvalue weighted by Gasteiger charge is -2.34. The molecule has 0 bridgehead atoms. The van der Waals surface area contributed by atoms with Crippen LogP contribution in [0, 0.1) is 11.8 Å². The minimum Gasteiger partial charge on any atom is -0.385 e. The summed E-state index contributed by atoms with van der Waals surface area (Å²) in [5.74, 6) is 1.33. The van der Waals surface area contributed by atoms with Crippen LogP contribution in [-0.4, -0.2) is 40.0 Å². The van der Waals surface area contributed by atoms with Crippen LogP contribution in [0.1, 0.15) is 26.2 Å². The molecule has 1 aliphatic heterocycles. The van der Waals surface area contributed by atoms with E-state index in [0.29, 0.717) is 17.9 Å². The lowest BCUT2D eigenvalue weighted by atomic mass is 9.84. The fourth-order valence-electron chi connectivity index (χ4n) is 2.52. The molecule has 0 radical (unpaired) electrons. The topological polar surface area (TPSA) is 30.5 Å². The Morgan fingerprint density at radius 3 is 2.87 bits per heavy atom. The predicted octanol–water partition coefficient (Wildman–Crippen LogP) is 1.67. The number of nitrogens with one attached hydrogen (secondary N) is 1. The van der Waals surface area contributed by atoms with Crippen molar-refractivity contribution in [3.05, 3.63) is 0 Å². The van der Waals surface area contributed by atoms with Gasteiger partial charge in [0.15, 0.2) is 0 Å². The van der Waals surface area contributed by atoms with Gasteiger partial charge in [-0.1, -0.05) is 6.92 Å². The van der Waals surface area contributed by atoms with Gasteiger partial charge in [-0.3, -0.25) is 0 Å². The van der Waals surface area contributed by atoms with E-state index < -0.39 is 0 Å². The van der Waals surface area contributed by atoms with Crippen LogP contribution in [0.4, 0.5) is 0 Å². The van der Waals surface area contributed by atoms with Crippen LogP contribution in [0.2, 0.25) is 0 Å². The molecule has 90 valence electrons. The molecule has 1 fully saturated rings. The summed E-state index contributed by atoms with van der Waals surface area (Å²) in [6, 6.07) is 0.570. The van der Waals surface area contributed by atoms with Crippen molar-refractivity contribution in [2.45, 2.75) is 32.2 Å². The van der Waals surface area contributed by atoms with Crippen LogP contribution in [-0.2, 0) is 9.47 Å². The smallest absolute Gasteiger partial charge is 0.0509 e. The van der Waals surface area contributed by atoms with E-state index >= 15 is 0 Å². The first-order chi connectivity index (χ1) is 7.29. The third-order valence-electron chi connectivity index (χ3n) is 3.43. The van der Waals surface area contributed by atoms with Gasteiger partial charge in [-0.15, -0.1) is 0 Å². The normalized spacial score (nSPS) is 26.2. The van der Waals surface area contributed by atoms with Crippen molar-refractivity contribution < 1.29 is 9.47 Å². The lowest BCUT2D eigenvalue weighted by molar-refractivity contribution is 0.0283. The van der Waals surface area contributed by atoms with Gasteiger partial charge in [-0.2, -0.15) is 0 Å².